The maximum atomic E-state index is 10.6. The van der Waals surface area contributed by atoms with Crippen molar-refractivity contribution in [1.82, 2.24) is 0 Å². The van der Waals surface area contributed by atoms with Crippen LogP contribution in [-0.4, -0.2) is 11.1 Å². The highest BCUT2D eigenvalue weighted by molar-refractivity contribution is 7.99. The molecule has 0 saturated carbocycles. The van der Waals surface area contributed by atoms with Crippen molar-refractivity contribution in [3.05, 3.63) is 47.7 Å². The molecule has 0 radical (unpaired) electrons. The molecular weight excluding hydrogens is 224 g/mol. The second-order valence-corrected chi connectivity index (χ2v) is 4.45. The lowest BCUT2D eigenvalue weighted by Crippen LogP contribution is -1.91. The van der Waals surface area contributed by atoms with Crippen molar-refractivity contribution in [2.24, 2.45) is 0 Å². The Bertz CT molecular complexity index is 499. The summed E-state index contributed by atoms with van der Waals surface area (Å²) in [6, 6.07) is 9.48. The van der Waals surface area contributed by atoms with E-state index in [4.69, 9.17) is 9.52 Å². The Kier molecular flexibility index (Phi) is 3.01. The van der Waals surface area contributed by atoms with Gasteiger partial charge in [0, 0.05) is 11.0 Å². The normalized spacial score (nSPS) is 10.3. The molecular formula is C12H10O3S. The highest BCUT2D eigenvalue weighted by Gasteiger charge is 2.08. The second-order valence-electron chi connectivity index (χ2n) is 3.37. The van der Waals surface area contributed by atoms with Crippen molar-refractivity contribution in [3.63, 3.8) is 0 Å². The fraction of sp³-hybridized carbons (Fsp3) is 0.0833. The third kappa shape index (κ3) is 2.46. The summed E-state index contributed by atoms with van der Waals surface area (Å²) >= 11 is 1.40. The summed E-state index contributed by atoms with van der Waals surface area (Å²) in [5.41, 5.74) is 1.37. The van der Waals surface area contributed by atoms with Gasteiger partial charge >= 0.3 is 5.97 Å². The van der Waals surface area contributed by atoms with Crippen LogP contribution >= 0.6 is 11.8 Å². The van der Waals surface area contributed by atoms with Gasteiger partial charge in [-0.2, -0.15) is 0 Å². The third-order valence-electron chi connectivity index (χ3n) is 2.06. The van der Waals surface area contributed by atoms with Gasteiger partial charge in [0.25, 0.3) is 0 Å². The monoisotopic (exact) mass is 234 g/mol. The maximum Gasteiger partial charge on any atom is 0.339 e. The Balaban J connectivity index is 2.14. The van der Waals surface area contributed by atoms with E-state index in [1.165, 1.54) is 29.7 Å². The molecule has 82 valence electrons. The minimum atomic E-state index is -0.973. The molecule has 4 heteroatoms. The lowest BCUT2D eigenvalue weighted by molar-refractivity contribution is 0.0696. The first-order valence-electron chi connectivity index (χ1n) is 4.71. The molecule has 1 heterocycles. The second kappa shape index (κ2) is 4.45. The van der Waals surface area contributed by atoms with Gasteiger partial charge in [0.2, 0.25) is 0 Å². The van der Waals surface area contributed by atoms with Crippen LogP contribution in [0.5, 0.6) is 0 Å². The number of aromatic carboxylic acids is 1. The van der Waals surface area contributed by atoms with Crippen LogP contribution in [0.15, 0.2) is 51.0 Å². The molecule has 0 aliphatic carbocycles. The summed E-state index contributed by atoms with van der Waals surface area (Å²) in [5, 5.41) is 9.32. The largest absolute Gasteiger partial charge is 0.478 e. The summed E-state index contributed by atoms with van der Waals surface area (Å²) in [4.78, 5) is 11.7. The molecule has 0 aliphatic rings. The lowest BCUT2D eigenvalue weighted by atomic mass is 10.2. The van der Waals surface area contributed by atoms with Crippen molar-refractivity contribution in [2.75, 3.05) is 0 Å². The van der Waals surface area contributed by atoms with E-state index in [2.05, 4.69) is 0 Å². The molecule has 2 aromatic rings. The topological polar surface area (TPSA) is 50.4 Å². The summed E-state index contributed by atoms with van der Waals surface area (Å²) in [7, 11) is 0. The number of carboxylic acids is 1. The first-order chi connectivity index (χ1) is 7.65. The van der Waals surface area contributed by atoms with Crippen LogP contribution in [-0.2, 0) is 0 Å². The van der Waals surface area contributed by atoms with E-state index < -0.39 is 5.97 Å². The SMILES string of the molecule is Cc1ccc(Sc2cc(C(=O)O)co2)cc1. The molecule has 16 heavy (non-hydrogen) atoms. The standard InChI is InChI=1S/C12H10O3S/c1-8-2-4-10(5-3-8)16-11-6-9(7-15-11)12(13)14/h2-7H,1H3,(H,13,14). The van der Waals surface area contributed by atoms with E-state index in [-0.39, 0.29) is 5.56 Å². The number of rotatable bonds is 3. The molecule has 1 N–H and O–H groups in total. The molecule has 0 unspecified atom stereocenters. The van der Waals surface area contributed by atoms with Gasteiger partial charge in [-0.15, -0.1) is 0 Å². The number of carbonyl (C=O) groups is 1. The van der Waals surface area contributed by atoms with Crippen molar-refractivity contribution in [1.29, 1.82) is 0 Å². The van der Waals surface area contributed by atoms with Crippen molar-refractivity contribution < 1.29 is 14.3 Å². The first-order valence-corrected chi connectivity index (χ1v) is 5.53. The molecule has 0 amide bonds. The highest BCUT2D eigenvalue weighted by Crippen LogP contribution is 2.29. The summed E-state index contributed by atoms with van der Waals surface area (Å²) < 4.78 is 5.14. The van der Waals surface area contributed by atoms with Gasteiger partial charge in [-0.3, -0.25) is 0 Å². The van der Waals surface area contributed by atoms with Gasteiger partial charge in [0.15, 0.2) is 5.09 Å². The van der Waals surface area contributed by atoms with Crippen LogP contribution in [0, 0.1) is 6.92 Å². The van der Waals surface area contributed by atoms with Gasteiger partial charge in [0.1, 0.15) is 6.26 Å². The van der Waals surface area contributed by atoms with Crippen LogP contribution < -0.4 is 0 Å². The molecule has 2 rings (SSSR count). The summed E-state index contributed by atoms with van der Waals surface area (Å²) in [6.45, 7) is 2.02. The average molecular weight is 234 g/mol. The van der Waals surface area contributed by atoms with E-state index >= 15 is 0 Å². The van der Waals surface area contributed by atoms with E-state index in [0.29, 0.717) is 5.09 Å². The number of furan rings is 1. The van der Waals surface area contributed by atoms with Gasteiger partial charge < -0.3 is 9.52 Å². The zero-order chi connectivity index (χ0) is 11.5. The minimum absolute atomic E-state index is 0.176. The fourth-order valence-corrected chi connectivity index (χ4v) is 1.99. The van der Waals surface area contributed by atoms with E-state index in [1.54, 1.807) is 0 Å². The maximum absolute atomic E-state index is 10.6. The number of hydrogen-bond donors (Lipinski definition) is 1. The summed E-state index contributed by atoms with van der Waals surface area (Å²) in [6.07, 6.45) is 1.25. The van der Waals surface area contributed by atoms with E-state index in [0.717, 1.165) is 4.90 Å². The molecule has 0 fully saturated rings. The van der Waals surface area contributed by atoms with Gasteiger partial charge in [-0.1, -0.05) is 29.5 Å². The molecule has 0 spiro atoms. The number of hydrogen-bond acceptors (Lipinski definition) is 3. The Labute approximate surface area is 97.1 Å². The van der Waals surface area contributed by atoms with Crippen molar-refractivity contribution >= 4 is 17.7 Å². The average Bonchev–Trinajstić information content (AvgIpc) is 2.70. The number of carboxylic acid groups (broad SMARTS) is 1. The quantitative estimate of drug-likeness (QED) is 0.883. The predicted octanol–water partition coefficient (Wildman–Crippen LogP) is 3.44. The van der Waals surface area contributed by atoms with E-state index in [9.17, 15) is 4.79 Å². The molecule has 0 saturated heterocycles. The third-order valence-corrected chi connectivity index (χ3v) is 2.98. The van der Waals surface area contributed by atoms with Crippen LogP contribution in [0.3, 0.4) is 0 Å². The Hall–Kier alpha value is -1.68. The molecule has 1 aromatic carbocycles. The Morgan fingerprint density at radius 2 is 2.00 bits per heavy atom. The fourth-order valence-electron chi connectivity index (χ4n) is 1.20. The zero-order valence-electron chi connectivity index (χ0n) is 8.64. The van der Waals surface area contributed by atoms with Crippen LogP contribution in [0.25, 0.3) is 0 Å². The smallest absolute Gasteiger partial charge is 0.339 e. The first kappa shape index (κ1) is 10.8. The Morgan fingerprint density at radius 3 is 2.56 bits per heavy atom. The molecule has 1 aromatic heterocycles. The van der Waals surface area contributed by atoms with Crippen LogP contribution in [0.2, 0.25) is 0 Å². The predicted molar refractivity (Wildman–Crippen MR) is 61.0 cm³/mol. The lowest BCUT2D eigenvalue weighted by Gasteiger charge is -1.97. The van der Waals surface area contributed by atoms with Gasteiger partial charge in [-0.05, 0) is 19.1 Å². The van der Waals surface area contributed by atoms with Crippen molar-refractivity contribution in [3.8, 4) is 0 Å². The van der Waals surface area contributed by atoms with Gasteiger partial charge in [0.05, 0.1) is 5.56 Å². The van der Waals surface area contributed by atoms with Crippen LogP contribution in [0.4, 0.5) is 0 Å². The molecule has 0 aliphatic heterocycles. The van der Waals surface area contributed by atoms with Crippen LogP contribution in [0.1, 0.15) is 15.9 Å². The molecule has 3 nitrogen and oxygen atoms in total. The molecule has 0 bridgehead atoms. The number of benzene rings is 1. The Morgan fingerprint density at radius 1 is 1.31 bits per heavy atom. The van der Waals surface area contributed by atoms with Gasteiger partial charge in [-0.25, -0.2) is 4.79 Å². The zero-order valence-corrected chi connectivity index (χ0v) is 9.45. The molecule has 0 atom stereocenters. The summed E-state index contributed by atoms with van der Waals surface area (Å²) in [5.74, 6) is -0.973. The number of aryl methyl sites for hydroxylation is 1. The van der Waals surface area contributed by atoms with Crippen molar-refractivity contribution in [2.45, 2.75) is 16.9 Å². The minimum Gasteiger partial charge on any atom is -0.478 e. The van der Waals surface area contributed by atoms with E-state index in [1.807, 2.05) is 31.2 Å². The highest BCUT2D eigenvalue weighted by atomic mass is 32.2.